The SMILES string of the molecule is O=C1Oc2ccc(Br)cc2C2C3c4cc(Br)ccc4OC(=O)N3[C@@H]3CCCC[C@H]3N12. The van der Waals surface area contributed by atoms with Crippen LogP contribution < -0.4 is 9.47 Å². The van der Waals surface area contributed by atoms with Crippen LogP contribution in [-0.4, -0.2) is 34.1 Å². The Morgan fingerprint density at radius 2 is 1.17 bits per heavy atom. The second-order valence-corrected chi connectivity index (χ2v) is 10.1. The maximum absolute atomic E-state index is 13.2. The summed E-state index contributed by atoms with van der Waals surface area (Å²) in [5, 5.41) is 0. The highest BCUT2D eigenvalue weighted by atomic mass is 79.9. The molecule has 0 aromatic heterocycles. The van der Waals surface area contributed by atoms with Gasteiger partial charge in [-0.05, 0) is 49.2 Å². The average molecular weight is 534 g/mol. The minimum absolute atomic E-state index is 0.0825. The van der Waals surface area contributed by atoms with Gasteiger partial charge in [-0.3, -0.25) is 9.80 Å². The Kier molecular flexibility index (Phi) is 4.19. The second kappa shape index (κ2) is 6.72. The van der Waals surface area contributed by atoms with Gasteiger partial charge in [0, 0.05) is 20.1 Å². The van der Waals surface area contributed by atoms with Crippen LogP contribution in [0.15, 0.2) is 45.3 Å². The van der Waals surface area contributed by atoms with E-state index in [9.17, 15) is 9.59 Å². The first-order valence-electron chi connectivity index (χ1n) is 10.1. The quantitative estimate of drug-likeness (QED) is 0.420. The van der Waals surface area contributed by atoms with Crippen molar-refractivity contribution >= 4 is 44.0 Å². The molecule has 2 fully saturated rings. The Balaban J connectivity index is 1.62. The summed E-state index contributed by atoms with van der Waals surface area (Å²) < 4.78 is 13.3. The molecule has 1 saturated carbocycles. The zero-order valence-corrected chi connectivity index (χ0v) is 19.1. The van der Waals surface area contributed by atoms with E-state index in [0.717, 1.165) is 45.8 Å². The third-order valence-corrected chi connectivity index (χ3v) is 7.69. The van der Waals surface area contributed by atoms with Crippen LogP contribution in [0.5, 0.6) is 11.5 Å². The van der Waals surface area contributed by atoms with Crippen molar-refractivity contribution < 1.29 is 19.1 Å². The molecular weight excluding hydrogens is 516 g/mol. The molecule has 3 aliphatic heterocycles. The number of rotatable bonds is 0. The summed E-state index contributed by atoms with van der Waals surface area (Å²) in [6.45, 7) is 0. The number of piperazine rings is 1. The lowest BCUT2D eigenvalue weighted by Crippen LogP contribution is -2.67. The molecule has 0 bridgehead atoms. The Hall–Kier alpha value is -2.06. The number of halogens is 2. The number of benzene rings is 2. The second-order valence-electron chi connectivity index (χ2n) is 8.22. The van der Waals surface area contributed by atoms with Crippen molar-refractivity contribution in [1.82, 2.24) is 9.80 Å². The number of fused-ring (bicyclic) bond motifs is 10. The number of carbonyl (C=O) groups is 2. The highest BCUT2D eigenvalue weighted by Crippen LogP contribution is 2.56. The Morgan fingerprint density at radius 3 is 1.60 bits per heavy atom. The van der Waals surface area contributed by atoms with Gasteiger partial charge < -0.3 is 9.47 Å². The van der Waals surface area contributed by atoms with Gasteiger partial charge in [-0.1, -0.05) is 44.7 Å². The monoisotopic (exact) mass is 532 g/mol. The minimum atomic E-state index is -0.334. The summed E-state index contributed by atoms with van der Waals surface area (Å²) in [6, 6.07) is 10.5. The fourth-order valence-corrected chi connectivity index (χ4v) is 6.33. The van der Waals surface area contributed by atoms with Gasteiger partial charge in [0.25, 0.3) is 0 Å². The number of amides is 2. The molecule has 2 aromatic carbocycles. The van der Waals surface area contributed by atoms with Crippen LogP contribution in [0.3, 0.4) is 0 Å². The molecular formula is C22H18Br2N2O4. The first-order chi connectivity index (χ1) is 14.5. The van der Waals surface area contributed by atoms with Crippen LogP contribution in [0.25, 0.3) is 0 Å². The van der Waals surface area contributed by atoms with Gasteiger partial charge in [-0.25, -0.2) is 9.59 Å². The Labute approximate surface area is 190 Å². The van der Waals surface area contributed by atoms with Crippen LogP contribution in [0.1, 0.15) is 48.9 Å². The van der Waals surface area contributed by atoms with Gasteiger partial charge in [0.1, 0.15) is 11.5 Å². The zero-order chi connectivity index (χ0) is 20.6. The number of carbonyl (C=O) groups excluding carboxylic acids is 2. The molecule has 2 aromatic rings. The average Bonchev–Trinajstić information content (AvgIpc) is 2.74. The molecule has 0 spiro atoms. The third-order valence-electron chi connectivity index (χ3n) is 6.70. The van der Waals surface area contributed by atoms with Crippen LogP contribution >= 0.6 is 31.9 Å². The van der Waals surface area contributed by atoms with Gasteiger partial charge in [-0.2, -0.15) is 0 Å². The molecule has 3 heterocycles. The molecule has 6 nitrogen and oxygen atoms in total. The number of ether oxygens (including phenoxy) is 2. The van der Waals surface area contributed by atoms with Crippen molar-refractivity contribution in [3.63, 3.8) is 0 Å². The third kappa shape index (κ3) is 2.59. The van der Waals surface area contributed by atoms with E-state index in [0.29, 0.717) is 11.5 Å². The number of hydrogen-bond acceptors (Lipinski definition) is 4. The highest BCUT2D eigenvalue weighted by Gasteiger charge is 2.57. The molecule has 4 atom stereocenters. The summed E-state index contributed by atoms with van der Waals surface area (Å²) in [5.74, 6) is 1.10. The van der Waals surface area contributed by atoms with Crippen molar-refractivity contribution in [2.75, 3.05) is 0 Å². The van der Waals surface area contributed by atoms with E-state index in [1.807, 2.05) is 46.2 Å². The highest BCUT2D eigenvalue weighted by molar-refractivity contribution is 9.10. The smallest absolute Gasteiger partial charge is 0.410 e. The van der Waals surface area contributed by atoms with Crippen molar-refractivity contribution in [3.8, 4) is 11.5 Å². The van der Waals surface area contributed by atoms with Gasteiger partial charge in [0.05, 0.1) is 24.2 Å². The Morgan fingerprint density at radius 1 is 0.733 bits per heavy atom. The largest absolute Gasteiger partial charge is 0.416 e. The molecule has 154 valence electrons. The van der Waals surface area contributed by atoms with Crippen molar-refractivity contribution in [2.24, 2.45) is 0 Å². The molecule has 6 rings (SSSR count). The van der Waals surface area contributed by atoms with Crippen LogP contribution in [0, 0.1) is 0 Å². The van der Waals surface area contributed by atoms with Crippen molar-refractivity contribution in [2.45, 2.75) is 49.9 Å². The fraction of sp³-hybridized carbons (Fsp3) is 0.364. The van der Waals surface area contributed by atoms with E-state index in [-0.39, 0.29) is 36.4 Å². The predicted molar refractivity (Wildman–Crippen MR) is 116 cm³/mol. The maximum atomic E-state index is 13.2. The summed E-state index contributed by atoms with van der Waals surface area (Å²) in [6.07, 6.45) is 3.09. The molecule has 30 heavy (non-hydrogen) atoms. The molecule has 2 unspecified atom stereocenters. The lowest BCUT2D eigenvalue weighted by Gasteiger charge is -2.58. The van der Waals surface area contributed by atoms with Crippen LogP contribution in [0.2, 0.25) is 0 Å². The van der Waals surface area contributed by atoms with E-state index in [1.165, 1.54) is 0 Å². The first-order valence-corrected chi connectivity index (χ1v) is 11.7. The molecule has 1 aliphatic carbocycles. The number of nitrogens with zero attached hydrogens (tertiary/aromatic N) is 2. The molecule has 1 saturated heterocycles. The number of hydrogen-bond donors (Lipinski definition) is 0. The van der Waals surface area contributed by atoms with E-state index in [1.54, 1.807) is 0 Å². The van der Waals surface area contributed by atoms with Gasteiger partial charge >= 0.3 is 12.2 Å². The van der Waals surface area contributed by atoms with Gasteiger partial charge in [0.15, 0.2) is 0 Å². The minimum Gasteiger partial charge on any atom is -0.410 e. The summed E-state index contributed by atoms with van der Waals surface area (Å²) >= 11 is 7.12. The lowest BCUT2D eigenvalue weighted by atomic mass is 9.77. The van der Waals surface area contributed by atoms with Crippen molar-refractivity contribution in [1.29, 1.82) is 0 Å². The molecule has 2 amide bonds. The molecule has 0 N–H and O–H groups in total. The standard InChI is InChI=1S/C22H18Br2N2O4/c23-11-5-7-17-13(9-11)19-20-14-10-12(24)6-8-18(14)30-22(28)26(20)16-4-2-1-3-15(16)25(19)21(27)29-17/h5-10,15-16,19-20H,1-4H2/t15-,16-,19?,20?/m1/s1. The molecule has 4 aliphatic rings. The van der Waals surface area contributed by atoms with Crippen LogP contribution in [0.4, 0.5) is 9.59 Å². The van der Waals surface area contributed by atoms with E-state index >= 15 is 0 Å². The molecule has 8 heteroatoms. The van der Waals surface area contributed by atoms with E-state index < -0.39 is 0 Å². The van der Waals surface area contributed by atoms with E-state index in [2.05, 4.69) is 31.9 Å². The fourth-order valence-electron chi connectivity index (χ4n) is 5.58. The first kappa shape index (κ1) is 18.7. The summed E-state index contributed by atoms with van der Waals surface area (Å²) in [5.41, 5.74) is 1.81. The topological polar surface area (TPSA) is 59.1 Å². The normalized spacial score (nSPS) is 29.0. The van der Waals surface area contributed by atoms with Crippen LogP contribution in [-0.2, 0) is 0 Å². The lowest BCUT2D eigenvalue weighted by molar-refractivity contribution is -0.0673. The van der Waals surface area contributed by atoms with Gasteiger partial charge in [0.2, 0.25) is 0 Å². The van der Waals surface area contributed by atoms with Crippen molar-refractivity contribution in [3.05, 3.63) is 56.5 Å². The molecule has 0 radical (unpaired) electrons. The Bertz CT molecular complexity index is 1010. The zero-order valence-electron chi connectivity index (χ0n) is 15.9. The predicted octanol–water partition coefficient (Wildman–Crippen LogP) is 5.95. The summed E-state index contributed by atoms with van der Waals surface area (Å²) in [4.78, 5) is 30.2. The maximum Gasteiger partial charge on any atom is 0.416 e. The van der Waals surface area contributed by atoms with Gasteiger partial charge in [-0.15, -0.1) is 0 Å². The summed E-state index contributed by atoms with van der Waals surface area (Å²) in [7, 11) is 0. The van der Waals surface area contributed by atoms with E-state index in [4.69, 9.17) is 9.47 Å².